The quantitative estimate of drug-likeness (QED) is 0.788. The molecule has 2 saturated heterocycles. The van der Waals surface area contributed by atoms with E-state index in [9.17, 15) is 4.79 Å². The Morgan fingerprint density at radius 2 is 1.72 bits per heavy atom. The second-order valence-corrected chi connectivity index (χ2v) is 7.08. The van der Waals surface area contributed by atoms with E-state index >= 15 is 0 Å². The van der Waals surface area contributed by atoms with Crippen LogP contribution in [0.15, 0.2) is 24.3 Å². The van der Waals surface area contributed by atoms with E-state index in [1.54, 1.807) is 0 Å². The lowest BCUT2D eigenvalue weighted by Crippen LogP contribution is -2.49. The van der Waals surface area contributed by atoms with Crippen molar-refractivity contribution in [2.45, 2.75) is 39.3 Å². The zero-order valence-corrected chi connectivity index (χ0v) is 16.6. The zero-order valence-electron chi connectivity index (χ0n) is 15.0. The minimum absolute atomic E-state index is 0. The SMILES string of the molecule is CC(C(=O)NCc1ccc(CN2CCCCC2)cc1)C1CNC1.Cl.Cl. The number of likely N-dealkylation sites (tertiary alicyclic amines) is 1. The van der Waals surface area contributed by atoms with E-state index in [2.05, 4.69) is 39.8 Å². The summed E-state index contributed by atoms with van der Waals surface area (Å²) in [7, 11) is 0. The highest BCUT2D eigenvalue weighted by atomic mass is 35.5. The van der Waals surface area contributed by atoms with Crippen LogP contribution < -0.4 is 10.6 Å². The second-order valence-electron chi connectivity index (χ2n) is 7.08. The van der Waals surface area contributed by atoms with Crippen LogP contribution in [0.25, 0.3) is 0 Å². The molecular weight excluding hydrogens is 357 g/mol. The predicted molar refractivity (Wildman–Crippen MR) is 107 cm³/mol. The van der Waals surface area contributed by atoms with Gasteiger partial charge < -0.3 is 10.6 Å². The number of piperidine rings is 1. The number of benzene rings is 1. The lowest BCUT2D eigenvalue weighted by molar-refractivity contribution is -0.126. The van der Waals surface area contributed by atoms with E-state index < -0.39 is 0 Å². The molecule has 2 N–H and O–H groups in total. The van der Waals surface area contributed by atoms with Gasteiger partial charge in [-0.2, -0.15) is 0 Å². The van der Waals surface area contributed by atoms with E-state index in [0.717, 1.165) is 19.6 Å². The van der Waals surface area contributed by atoms with Crippen LogP contribution in [-0.4, -0.2) is 37.0 Å². The largest absolute Gasteiger partial charge is 0.352 e. The predicted octanol–water partition coefficient (Wildman–Crippen LogP) is 2.99. The van der Waals surface area contributed by atoms with Gasteiger partial charge in [-0.1, -0.05) is 37.6 Å². The summed E-state index contributed by atoms with van der Waals surface area (Å²) in [6.07, 6.45) is 4.04. The first-order valence-electron chi connectivity index (χ1n) is 9.01. The zero-order chi connectivity index (χ0) is 16.1. The molecule has 2 heterocycles. The molecule has 0 saturated carbocycles. The Bertz CT molecular complexity index is 514. The number of carbonyl (C=O) groups excluding carboxylic acids is 1. The van der Waals surface area contributed by atoms with Gasteiger partial charge in [0.2, 0.25) is 5.91 Å². The number of nitrogens with zero attached hydrogens (tertiary/aromatic N) is 1. The van der Waals surface area contributed by atoms with Crippen molar-refractivity contribution >= 4 is 30.7 Å². The van der Waals surface area contributed by atoms with E-state index in [1.165, 1.54) is 43.5 Å². The van der Waals surface area contributed by atoms with E-state index in [1.807, 2.05) is 6.92 Å². The number of carbonyl (C=O) groups is 1. The third kappa shape index (κ3) is 6.45. The molecule has 0 radical (unpaired) electrons. The van der Waals surface area contributed by atoms with Crippen LogP contribution in [0.4, 0.5) is 0 Å². The van der Waals surface area contributed by atoms with Crippen LogP contribution in [-0.2, 0) is 17.9 Å². The molecule has 142 valence electrons. The fourth-order valence-electron chi connectivity index (χ4n) is 3.37. The fourth-order valence-corrected chi connectivity index (χ4v) is 3.37. The summed E-state index contributed by atoms with van der Waals surface area (Å²) in [6, 6.07) is 8.70. The molecule has 3 rings (SSSR count). The Morgan fingerprint density at radius 1 is 1.12 bits per heavy atom. The molecule has 1 aromatic rings. The van der Waals surface area contributed by atoms with Crippen LogP contribution in [0, 0.1) is 11.8 Å². The van der Waals surface area contributed by atoms with Crippen molar-refractivity contribution in [2.75, 3.05) is 26.2 Å². The molecule has 0 bridgehead atoms. The van der Waals surface area contributed by atoms with Gasteiger partial charge in [0.05, 0.1) is 0 Å². The number of rotatable bonds is 6. The van der Waals surface area contributed by atoms with Gasteiger partial charge in [0.15, 0.2) is 0 Å². The van der Waals surface area contributed by atoms with Crippen molar-refractivity contribution in [3.63, 3.8) is 0 Å². The average Bonchev–Trinajstić information content (AvgIpc) is 2.53. The highest BCUT2D eigenvalue weighted by Gasteiger charge is 2.28. The highest BCUT2D eigenvalue weighted by molar-refractivity contribution is 5.85. The molecule has 2 aliphatic rings. The summed E-state index contributed by atoms with van der Waals surface area (Å²) in [6.45, 7) is 8.12. The summed E-state index contributed by atoms with van der Waals surface area (Å²) in [5, 5.41) is 6.30. The first-order chi connectivity index (χ1) is 11.2. The van der Waals surface area contributed by atoms with E-state index in [0.29, 0.717) is 12.5 Å². The first-order valence-corrected chi connectivity index (χ1v) is 9.01. The molecule has 2 fully saturated rings. The summed E-state index contributed by atoms with van der Waals surface area (Å²) < 4.78 is 0. The summed E-state index contributed by atoms with van der Waals surface area (Å²) in [4.78, 5) is 14.7. The van der Waals surface area contributed by atoms with Gasteiger partial charge >= 0.3 is 0 Å². The van der Waals surface area contributed by atoms with Gasteiger partial charge in [-0.15, -0.1) is 24.8 Å². The minimum atomic E-state index is 0. The van der Waals surface area contributed by atoms with Gasteiger partial charge in [0.25, 0.3) is 0 Å². The van der Waals surface area contributed by atoms with Gasteiger partial charge in [0, 0.05) is 19.0 Å². The van der Waals surface area contributed by atoms with Crippen LogP contribution in [0.3, 0.4) is 0 Å². The molecule has 2 aliphatic heterocycles. The maximum Gasteiger partial charge on any atom is 0.223 e. The number of hydrogen-bond acceptors (Lipinski definition) is 3. The van der Waals surface area contributed by atoms with Crippen molar-refractivity contribution in [2.24, 2.45) is 11.8 Å². The molecule has 25 heavy (non-hydrogen) atoms. The van der Waals surface area contributed by atoms with Gasteiger partial charge in [-0.25, -0.2) is 0 Å². The number of hydrogen-bond donors (Lipinski definition) is 2. The first kappa shape index (κ1) is 22.2. The molecule has 4 nitrogen and oxygen atoms in total. The molecule has 1 atom stereocenters. The second kappa shape index (κ2) is 11.0. The van der Waals surface area contributed by atoms with Gasteiger partial charge in [-0.05, 0) is 56.1 Å². The van der Waals surface area contributed by atoms with Crippen molar-refractivity contribution < 1.29 is 4.79 Å². The van der Waals surface area contributed by atoms with Crippen LogP contribution in [0.5, 0.6) is 0 Å². The van der Waals surface area contributed by atoms with E-state index in [-0.39, 0.29) is 36.6 Å². The molecule has 0 aromatic heterocycles. The minimum Gasteiger partial charge on any atom is -0.352 e. The molecular formula is C19H31Cl2N3O. The molecule has 1 unspecified atom stereocenters. The Hall–Kier alpha value is -0.810. The van der Waals surface area contributed by atoms with Crippen molar-refractivity contribution in [1.29, 1.82) is 0 Å². The van der Waals surface area contributed by atoms with Crippen LogP contribution in [0.1, 0.15) is 37.3 Å². The molecule has 6 heteroatoms. The average molecular weight is 388 g/mol. The fraction of sp³-hybridized carbons (Fsp3) is 0.632. The van der Waals surface area contributed by atoms with Crippen LogP contribution >= 0.6 is 24.8 Å². The number of nitrogens with one attached hydrogen (secondary N) is 2. The Balaban J connectivity index is 0.00000156. The summed E-state index contributed by atoms with van der Waals surface area (Å²) >= 11 is 0. The Kier molecular flexibility index (Phi) is 9.80. The molecule has 1 amide bonds. The normalized spacial score (nSPS) is 19.1. The molecule has 0 spiro atoms. The Morgan fingerprint density at radius 3 is 2.28 bits per heavy atom. The van der Waals surface area contributed by atoms with E-state index in [4.69, 9.17) is 0 Å². The smallest absolute Gasteiger partial charge is 0.223 e. The topological polar surface area (TPSA) is 44.4 Å². The lowest BCUT2D eigenvalue weighted by atomic mass is 9.88. The van der Waals surface area contributed by atoms with Gasteiger partial charge in [-0.3, -0.25) is 9.69 Å². The standard InChI is InChI=1S/C19H29N3O.2ClH/c1-15(18-12-20-13-18)19(23)21-11-16-5-7-17(8-6-16)14-22-9-3-2-4-10-22;;/h5-8,15,18,20H,2-4,9-14H2,1H3,(H,21,23);2*1H. The highest BCUT2D eigenvalue weighted by Crippen LogP contribution is 2.16. The maximum atomic E-state index is 12.1. The summed E-state index contributed by atoms with van der Waals surface area (Å²) in [5.74, 6) is 0.783. The van der Waals surface area contributed by atoms with Gasteiger partial charge in [0.1, 0.15) is 0 Å². The van der Waals surface area contributed by atoms with Crippen LogP contribution in [0.2, 0.25) is 0 Å². The third-order valence-corrected chi connectivity index (χ3v) is 5.28. The maximum absolute atomic E-state index is 12.1. The van der Waals surface area contributed by atoms with Crippen molar-refractivity contribution in [1.82, 2.24) is 15.5 Å². The lowest BCUT2D eigenvalue weighted by Gasteiger charge is -2.31. The van der Waals surface area contributed by atoms with Crippen molar-refractivity contribution in [3.05, 3.63) is 35.4 Å². The summed E-state index contributed by atoms with van der Waals surface area (Å²) in [5.41, 5.74) is 2.55. The van der Waals surface area contributed by atoms with Crippen molar-refractivity contribution in [3.8, 4) is 0 Å². The number of amides is 1. The monoisotopic (exact) mass is 387 g/mol. The molecule has 0 aliphatic carbocycles. The molecule has 1 aromatic carbocycles. The Labute approximate surface area is 163 Å². The third-order valence-electron chi connectivity index (χ3n) is 5.28. The number of halogens is 2.